The molecule has 0 spiro atoms. The Kier molecular flexibility index (Phi) is 4.87. The van der Waals surface area contributed by atoms with Crippen molar-refractivity contribution < 1.29 is 0 Å². The van der Waals surface area contributed by atoms with Gasteiger partial charge in [-0.25, -0.2) is 0 Å². The number of nitrogens with zero attached hydrogens (tertiary/aromatic N) is 1. The highest BCUT2D eigenvalue weighted by molar-refractivity contribution is 7.80. The van der Waals surface area contributed by atoms with Gasteiger partial charge in [-0.1, -0.05) is 54.6 Å². The molecule has 0 heterocycles. The van der Waals surface area contributed by atoms with E-state index >= 15 is 0 Å². The maximum atomic E-state index is 5.31. The molecule has 0 atom stereocenters. The molecule has 0 aliphatic heterocycles. The molecule has 0 aromatic heterocycles. The van der Waals surface area contributed by atoms with Crippen LogP contribution < -0.4 is 10.7 Å². The zero-order valence-electron chi connectivity index (χ0n) is 13.7. The number of para-hydroxylation sites is 1. The Hall–Kier alpha value is -2.72. The monoisotopic (exact) mass is 333 g/mol. The Labute approximate surface area is 147 Å². The number of fused-ring (bicyclic) bond motifs is 1. The standard InChI is InChI=1S/C20H19N3S/c1-14-6-5-7-15(2)19(14)22-20(24)23-21-13-16-10-11-17-8-3-4-9-18(17)12-16/h3-13H,1-2H3,(H2,22,23,24)/b21-13-. The highest BCUT2D eigenvalue weighted by Crippen LogP contribution is 2.19. The van der Waals surface area contributed by atoms with Crippen LogP contribution in [0.15, 0.2) is 65.8 Å². The van der Waals surface area contributed by atoms with E-state index in [4.69, 9.17) is 12.2 Å². The molecule has 3 nitrogen and oxygen atoms in total. The quantitative estimate of drug-likeness (QED) is 0.411. The van der Waals surface area contributed by atoms with Crippen LogP contribution in [0.25, 0.3) is 10.8 Å². The van der Waals surface area contributed by atoms with E-state index in [0.29, 0.717) is 5.11 Å². The zero-order valence-corrected chi connectivity index (χ0v) is 14.5. The highest BCUT2D eigenvalue weighted by Gasteiger charge is 2.03. The summed E-state index contributed by atoms with van der Waals surface area (Å²) in [7, 11) is 0. The molecule has 3 aromatic rings. The second-order valence-electron chi connectivity index (χ2n) is 5.70. The first-order chi connectivity index (χ1) is 11.6. The third-order valence-corrected chi connectivity index (χ3v) is 4.07. The molecular weight excluding hydrogens is 314 g/mol. The van der Waals surface area contributed by atoms with Crippen molar-refractivity contribution in [2.75, 3.05) is 5.32 Å². The maximum absolute atomic E-state index is 5.31. The Morgan fingerprint density at radius 1 is 0.917 bits per heavy atom. The number of rotatable bonds is 3. The van der Waals surface area contributed by atoms with Crippen molar-refractivity contribution in [2.24, 2.45) is 5.10 Å². The van der Waals surface area contributed by atoms with Gasteiger partial charge < -0.3 is 5.32 Å². The van der Waals surface area contributed by atoms with Gasteiger partial charge in [0.1, 0.15) is 0 Å². The van der Waals surface area contributed by atoms with Crippen molar-refractivity contribution in [3.05, 3.63) is 77.4 Å². The summed E-state index contributed by atoms with van der Waals surface area (Å²) >= 11 is 5.31. The summed E-state index contributed by atoms with van der Waals surface area (Å²) < 4.78 is 0. The van der Waals surface area contributed by atoms with E-state index < -0.39 is 0 Å². The molecule has 2 N–H and O–H groups in total. The Bertz CT molecular complexity index is 895. The maximum Gasteiger partial charge on any atom is 0.191 e. The summed E-state index contributed by atoms with van der Waals surface area (Å²) in [6.07, 6.45) is 1.77. The van der Waals surface area contributed by atoms with E-state index in [9.17, 15) is 0 Å². The second-order valence-corrected chi connectivity index (χ2v) is 6.11. The Morgan fingerprint density at radius 3 is 2.38 bits per heavy atom. The number of hydrogen-bond acceptors (Lipinski definition) is 2. The first-order valence-electron chi connectivity index (χ1n) is 7.78. The van der Waals surface area contributed by atoms with Crippen molar-refractivity contribution in [3.63, 3.8) is 0 Å². The minimum atomic E-state index is 0.476. The predicted octanol–water partition coefficient (Wildman–Crippen LogP) is 4.78. The fourth-order valence-corrected chi connectivity index (χ4v) is 2.76. The van der Waals surface area contributed by atoms with Crippen molar-refractivity contribution in [1.82, 2.24) is 5.43 Å². The third-order valence-electron chi connectivity index (χ3n) is 3.87. The molecule has 0 radical (unpaired) electrons. The molecule has 24 heavy (non-hydrogen) atoms. The van der Waals surface area contributed by atoms with Crippen molar-refractivity contribution in [3.8, 4) is 0 Å². The first kappa shape index (κ1) is 16.1. The fraction of sp³-hybridized carbons (Fsp3) is 0.100. The number of benzene rings is 3. The lowest BCUT2D eigenvalue weighted by molar-refractivity contribution is 1.05. The SMILES string of the molecule is Cc1cccc(C)c1NC(=S)N/N=C\c1ccc2ccccc2c1. The predicted molar refractivity (Wildman–Crippen MR) is 107 cm³/mol. The van der Waals surface area contributed by atoms with Crippen LogP contribution in [0, 0.1) is 13.8 Å². The summed E-state index contributed by atoms with van der Waals surface area (Å²) in [5, 5.41) is 10.3. The van der Waals surface area contributed by atoms with Crippen molar-refractivity contribution >= 4 is 40.0 Å². The zero-order chi connectivity index (χ0) is 16.9. The van der Waals surface area contributed by atoms with Crippen LogP contribution in [-0.4, -0.2) is 11.3 Å². The molecule has 0 aliphatic rings. The average molecular weight is 333 g/mol. The highest BCUT2D eigenvalue weighted by atomic mass is 32.1. The van der Waals surface area contributed by atoms with E-state index in [2.05, 4.69) is 66.1 Å². The Morgan fingerprint density at radius 2 is 1.62 bits per heavy atom. The van der Waals surface area contributed by atoms with Crippen LogP contribution in [-0.2, 0) is 0 Å². The molecule has 0 bridgehead atoms. The van der Waals surface area contributed by atoms with Crippen LogP contribution in [0.3, 0.4) is 0 Å². The average Bonchev–Trinajstić information content (AvgIpc) is 2.58. The van der Waals surface area contributed by atoms with E-state index in [0.717, 1.165) is 22.4 Å². The second kappa shape index (κ2) is 7.23. The molecule has 120 valence electrons. The number of thiocarbonyl (C=S) groups is 1. The molecule has 0 fully saturated rings. The van der Waals surface area contributed by atoms with Gasteiger partial charge in [0.05, 0.1) is 6.21 Å². The number of hydrogen-bond donors (Lipinski definition) is 2. The van der Waals surface area contributed by atoms with Gasteiger partial charge in [-0.2, -0.15) is 5.10 Å². The Balaban J connectivity index is 1.65. The van der Waals surface area contributed by atoms with Crippen LogP contribution in [0.1, 0.15) is 16.7 Å². The van der Waals surface area contributed by atoms with E-state index in [1.54, 1.807) is 6.21 Å². The number of nitrogens with one attached hydrogen (secondary N) is 2. The van der Waals surface area contributed by atoms with Gasteiger partial charge in [-0.3, -0.25) is 5.43 Å². The smallest absolute Gasteiger partial charge is 0.191 e. The summed E-state index contributed by atoms with van der Waals surface area (Å²) in [6.45, 7) is 4.10. The largest absolute Gasteiger partial charge is 0.331 e. The van der Waals surface area contributed by atoms with Gasteiger partial charge in [0.2, 0.25) is 0 Å². The van der Waals surface area contributed by atoms with Gasteiger partial charge in [0.15, 0.2) is 5.11 Å². The molecule has 3 aromatic carbocycles. The lowest BCUT2D eigenvalue weighted by Gasteiger charge is -2.12. The van der Waals surface area contributed by atoms with E-state index in [1.807, 2.05) is 24.3 Å². The molecule has 0 saturated carbocycles. The van der Waals surface area contributed by atoms with Gasteiger partial charge in [-0.15, -0.1) is 0 Å². The van der Waals surface area contributed by atoms with Crippen LogP contribution >= 0.6 is 12.2 Å². The number of anilines is 1. The van der Waals surface area contributed by atoms with Crippen LogP contribution in [0.2, 0.25) is 0 Å². The van der Waals surface area contributed by atoms with Gasteiger partial charge >= 0.3 is 0 Å². The molecule has 4 heteroatoms. The summed E-state index contributed by atoms with van der Waals surface area (Å²) in [4.78, 5) is 0. The fourth-order valence-electron chi connectivity index (χ4n) is 2.61. The topological polar surface area (TPSA) is 36.4 Å². The van der Waals surface area contributed by atoms with Crippen molar-refractivity contribution in [1.29, 1.82) is 0 Å². The molecule has 0 saturated heterocycles. The number of hydrazone groups is 1. The third kappa shape index (κ3) is 3.78. The molecular formula is C20H19N3S. The van der Waals surface area contributed by atoms with Crippen LogP contribution in [0.4, 0.5) is 5.69 Å². The van der Waals surface area contributed by atoms with Gasteiger partial charge in [-0.05, 0) is 59.6 Å². The van der Waals surface area contributed by atoms with Crippen molar-refractivity contribution in [2.45, 2.75) is 13.8 Å². The first-order valence-corrected chi connectivity index (χ1v) is 8.19. The molecule has 0 unspecified atom stereocenters. The normalized spacial score (nSPS) is 10.9. The lowest BCUT2D eigenvalue weighted by Crippen LogP contribution is -2.24. The summed E-state index contributed by atoms with van der Waals surface area (Å²) in [5.41, 5.74) is 7.22. The molecule has 0 aliphatic carbocycles. The lowest BCUT2D eigenvalue weighted by atomic mass is 10.1. The number of aryl methyl sites for hydroxylation is 2. The van der Waals surface area contributed by atoms with E-state index in [-0.39, 0.29) is 0 Å². The minimum Gasteiger partial charge on any atom is -0.331 e. The minimum absolute atomic E-state index is 0.476. The molecule has 3 rings (SSSR count). The van der Waals surface area contributed by atoms with E-state index in [1.165, 1.54) is 10.8 Å². The van der Waals surface area contributed by atoms with Crippen LogP contribution in [0.5, 0.6) is 0 Å². The summed E-state index contributed by atoms with van der Waals surface area (Å²) in [6, 6.07) is 20.6. The molecule has 0 amide bonds. The van der Waals surface area contributed by atoms with Gasteiger partial charge in [0, 0.05) is 5.69 Å². The van der Waals surface area contributed by atoms with Gasteiger partial charge in [0.25, 0.3) is 0 Å². The summed E-state index contributed by atoms with van der Waals surface area (Å²) in [5.74, 6) is 0.